The lowest BCUT2D eigenvalue weighted by molar-refractivity contribution is 0.0674. The molecular weight excluding hydrogens is 126 g/mol. The van der Waals surface area contributed by atoms with Crippen molar-refractivity contribution in [1.29, 1.82) is 0 Å². The van der Waals surface area contributed by atoms with Crippen LogP contribution in [0.25, 0.3) is 0 Å². The van der Waals surface area contributed by atoms with Gasteiger partial charge in [0.1, 0.15) is 0 Å². The van der Waals surface area contributed by atoms with E-state index < -0.39 is 0 Å². The van der Waals surface area contributed by atoms with Gasteiger partial charge in [0.25, 0.3) is 0 Å². The van der Waals surface area contributed by atoms with Crippen LogP contribution in [0.15, 0.2) is 0 Å². The maximum absolute atomic E-state index is 6.04. The highest BCUT2D eigenvalue weighted by molar-refractivity contribution is 5.00. The molecule has 2 aliphatic rings. The first-order valence-electron chi connectivity index (χ1n) is 4.11. The predicted molar refractivity (Wildman–Crippen MR) is 39.7 cm³/mol. The number of ether oxygens (including phenoxy) is 1. The fraction of sp³-hybridized carbons (Fsp3) is 1.00. The lowest BCUT2D eigenvalue weighted by atomic mass is 9.92. The van der Waals surface area contributed by atoms with E-state index in [4.69, 9.17) is 10.5 Å². The van der Waals surface area contributed by atoms with E-state index >= 15 is 0 Å². The molecule has 10 heavy (non-hydrogen) atoms. The molecule has 2 atom stereocenters. The van der Waals surface area contributed by atoms with Crippen molar-refractivity contribution in [3.8, 4) is 0 Å². The molecule has 2 nitrogen and oxygen atoms in total. The summed E-state index contributed by atoms with van der Waals surface area (Å²) in [7, 11) is 0. The van der Waals surface area contributed by atoms with E-state index in [1.165, 1.54) is 12.8 Å². The molecule has 0 amide bonds. The number of hydrogen-bond donors (Lipinski definition) is 1. The van der Waals surface area contributed by atoms with Crippen LogP contribution in [0.2, 0.25) is 0 Å². The van der Waals surface area contributed by atoms with Gasteiger partial charge < -0.3 is 10.5 Å². The van der Waals surface area contributed by atoms with Gasteiger partial charge in [0.05, 0.1) is 6.10 Å². The molecule has 0 aromatic carbocycles. The fourth-order valence-electron chi connectivity index (χ4n) is 1.81. The molecule has 1 heterocycles. The summed E-state index contributed by atoms with van der Waals surface area (Å²) in [6, 6.07) is 0. The van der Waals surface area contributed by atoms with Crippen molar-refractivity contribution in [2.45, 2.75) is 37.8 Å². The molecule has 1 saturated heterocycles. The average molecular weight is 141 g/mol. The smallest absolute Gasteiger partial charge is 0.0780 e. The van der Waals surface area contributed by atoms with Crippen LogP contribution in [0.1, 0.15) is 26.2 Å². The molecule has 58 valence electrons. The topological polar surface area (TPSA) is 35.2 Å². The van der Waals surface area contributed by atoms with Crippen molar-refractivity contribution in [1.82, 2.24) is 0 Å². The first-order chi connectivity index (χ1) is 4.70. The van der Waals surface area contributed by atoms with Gasteiger partial charge >= 0.3 is 0 Å². The molecule has 0 aromatic heterocycles. The molecule has 2 fully saturated rings. The van der Waals surface area contributed by atoms with Crippen LogP contribution in [0.4, 0.5) is 0 Å². The minimum atomic E-state index is -0.0266. The van der Waals surface area contributed by atoms with Crippen molar-refractivity contribution in [3.05, 3.63) is 0 Å². The van der Waals surface area contributed by atoms with E-state index in [0.717, 1.165) is 18.9 Å². The molecule has 1 aliphatic carbocycles. The van der Waals surface area contributed by atoms with Gasteiger partial charge in [-0.15, -0.1) is 0 Å². The van der Waals surface area contributed by atoms with Gasteiger partial charge in [0, 0.05) is 12.1 Å². The average Bonchev–Trinajstić information content (AvgIpc) is 2.58. The highest BCUT2D eigenvalue weighted by atomic mass is 16.5. The lowest BCUT2D eigenvalue weighted by Gasteiger charge is -2.24. The maximum Gasteiger partial charge on any atom is 0.0780 e. The highest BCUT2D eigenvalue weighted by Gasteiger charge is 2.45. The van der Waals surface area contributed by atoms with Gasteiger partial charge in [-0.2, -0.15) is 0 Å². The van der Waals surface area contributed by atoms with E-state index in [0.29, 0.717) is 6.10 Å². The number of hydrogen-bond acceptors (Lipinski definition) is 2. The second-order valence-corrected chi connectivity index (χ2v) is 3.88. The van der Waals surface area contributed by atoms with E-state index in [2.05, 4.69) is 6.92 Å². The summed E-state index contributed by atoms with van der Waals surface area (Å²) in [5, 5.41) is 0. The summed E-state index contributed by atoms with van der Waals surface area (Å²) in [5.74, 6) is 0.789. The van der Waals surface area contributed by atoms with Crippen molar-refractivity contribution in [2.24, 2.45) is 11.7 Å². The molecule has 2 N–H and O–H groups in total. The van der Waals surface area contributed by atoms with E-state index in [1.807, 2.05) is 0 Å². The molecule has 0 unspecified atom stereocenters. The summed E-state index contributed by atoms with van der Waals surface area (Å²) in [6.45, 7) is 2.98. The van der Waals surface area contributed by atoms with Crippen LogP contribution < -0.4 is 5.73 Å². The molecule has 0 spiro atoms. The van der Waals surface area contributed by atoms with Crippen molar-refractivity contribution >= 4 is 0 Å². The minimum absolute atomic E-state index is 0.0266. The lowest BCUT2D eigenvalue weighted by Crippen LogP contribution is -2.45. The summed E-state index contributed by atoms with van der Waals surface area (Å²) >= 11 is 0. The Labute approximate surface area is 61.7 Å². The zero-order valence-electron chi connectivity index (χ0n) is 6.47. The summed E-state index contributed by atoms with van der Waals surface area (Å²) in [4.78, 5) is 0. The SMILES string of the molecule is C[C@]1(N)CCO[C@@H]1C1CC1. The second-order valence-electron chi connectivity index (χ2n) is 3.88. The molecule has 2 rings (SSSR count). The first kappa shape index (κ1) is 6.62. The molecule has 2 heteroatoms. The van der Waals surface area contributed by atoms with Gasteiger partial charge in [-0.25, -0.2) is 0 Å². The van der Waals surface area contributed by atoms with Crippen LogP contribution in [0, 0.1) is 5.92 Å². The van der Waals surface area contributed by atoms with Gasteiger partial charge in [-0.1, -0.05) is 0 Å². The Kier molecular flexibility index (Phi) is 1.29. The molecular formula is C8H15NO. The molecule has 1 aliphatic heterocycles. The third kappa shape index (κ3) is 0.956. The largest absolute Gasteiger partial charge is 0.376 e. The summed E-state index contributed by atoms with van der Waals surface area (Å²) in [5.41, 5.74) is 6.01. The highest BCUT2D eigenvalue weighted by Crippen LogP contribution is 2.41. The Balaban J connectivity index is 2.05. The van der Waals surface area contributed by atoms with E-state index in [9.17, 15) is 0 Å². The normalized spacial score (nSPS) is 48.0. The molecule has 0 aromatic rings. The zero-order chi connectivity index (χ0) is 7.19. The van der Waals surface area contributed by atoms with Crippen LogP contribution in [0.3, 0.4) is 0 Å². The Morgan fingerprint density at radius 2 is 2.20 bits per heavy atom. The van der Waals surface area contributed by atoms with Crippen LogP contribution in [-0.2, 0) is 4.74 Å². The van der Waals surface area contributed by atoms with Gasteiger partial charge in [0.2, 0.25) is 0 Å². The van der Waals surface area contributed by atoms with Crippen LogP contribution in [0.5, 0.6) is 0 Å². The maximum atomic E-state index is 6.04. The molecule has 0 radical (unpaired) electrons. The fourth-order valence-corrected chi connectivity index (χ4v) is 1.81. The van der Waals surface area contributed by atoms with Crippen LogP contribution >= 0.6 is 0 Å². The van der Waals surface area contributed by atoms with Gasteiger partial charge in [-0.3, -0.25) is 0 Å². The quantitative estimate of drug-likeness (QED) is 0.589. The van der Waals surface area contributed by atoms with Gasteiger partial charge in [-0.05, 0) is 32.1 Å². The standard InChI is InChI=1S/C8H15NO/c1-8(9)4-5-10-7(8)6-2-3-6/h6-7H,2-5,9H2,1H3/t7-,8+/m1/s1. The Morgan fingerprint density at radius 1 is 1.50 bits per heavy atom. The Bertz CT molecular complexity index is 140. The van der Waals surface area contributed by atoms with E-state index in [-0.39, 0.29) is 5.54 Å². The Hall–Kier alpha value is -0.0800. The molecule has 1 saturated carbocycles. The summed E-state index contributed by atoms with van der Waals surface area (Å²) < 4.78 is 5.57. The second kappa shape index (κ2) is 1.95. The zero-order valence-corrected chi connectivity index (χ0v) is 6.47. The van der Waals surface area contributed by atoms with E-state index in [1.54, 1.807) is 0 Å². The third-order valence-corrected chi connectivity index (χ3v) is 2.64. The summed E-state index contributed by atoms with van der Waals surface area (Å²) in [6.07, 6.45) is 4.07. The minimum Gasteiger partial charge on any atom is -0.376 e. The number of nitrogens with two attached hydrogens (primary N) is 1. The van der Waals surface area contributed by atoms with Crippen molar-refractivity contribution in [3.63, 3.8) is 0 Å². The predicted octanol–water partition coefficient (Wildman–Crippen LogP) is 0.903. The van der Waals surface area contributed by atoms with Crippen molar-refractivity contribution in [2.75, 3.05) is 6.61 Å². The Morgan fingerprint density at radius 3 is 2.60 bits per heavy atom. The van der Waals surface area contributed by atoms with Crippen molar-refractivity contribution < 1.29 is 4.74 Å². The first-order valence-corrected chi connectivity index (χ1v) is 4.11. The third-order valence-electron chi connectivity index (χ3n) is 2.64. The number of rotatable bonds is 1. The molecule has 0 bridgehead atoms. The van der Waals surface area contributed by atoms with Crippen LogP contribution in [-0.4, -0.2) is 18.2 Å². The van der Waals surface area contributed by atoms with Gasteiger partial charge in [0.15, 0.2) is 0 Å². The monoisotopic (exact) mass is 141 g/mol.